The molecule has 1 atom stereocenters. The molecule has 0 aliphatic carbocycles. The Morgan fingerprint density at radius 1 is 1.53 bits per heavy atom. The molecule has 2 rings (SSSR count). The highest BCUT2D eigenvalue weighted by Gasteiger charge is 2.27. The van der Waals surface area contributed by atoms with Gasteiger partial charge in [-0.25, -0.2) is 4.98 Å². The van der Waals surface area contributed by atoms with Gasteiger partial charge in [0.1, 0.15) is 0 Å². The van der Waals surface area contributed by atoms with E-state index in [-0.39, 0.29) is 0 Å². The number of rotatable bonds is 5. The quantitative estimate of drug-likeness (QED) is 0.847. The summed E-state index contributed by atoms with van der Waals surface area (Å²) in [6.45, 7) is 9.77. The van der Waals surface area contributed by atoms with Crippen LogP contribution >= 0.6 is 0 Å². The monoisotopic (exact) mass is 236 g/mol. The molecule has 1 fully saturated rings. The van der Waals surface area contributed by atoms with Crippen molar-refractivity contribution >= 4 is 5.95 Å². The summed E-state index contributed by atoms with van der Waals surface area (Å²) in [5, 5.41) is 3.54. The van der Waals surface area contributed by atoms with Crippen molar-refractivity contribution < 1.29 is 0 Å². The van der Waals surface area contributed by atoms with Gasteiger partial charge in [0.2, 0.25) is 5.95 Å². The first-order chi connectivity index (χ1) is 8.22. The van der Waals surface area contributed by atoms with Gasteiger partial charge in [0.25, 0.3) is 0 Å². The van der Waals surface area contributed by atoms with Crippen LogP contribution in [0.5, 0.6) is 0 Å². The van der Waals surface area contributed by atoms with Crippen LogP contribution < -0.4 is 10.2 Å². The summed E-state index contributed by atoms with van der Waals surface area (Å²) in [4.78, 5) is 6.96. The molecule has 96 valence electrons. The van der Waals surface area contributed by atoms with Gasteiger partial charge in [-0.15, -0.1) is 0 Å². The third-order valence-electron chi connectivity index (χ3n) is 3.43. The fourth-order valence-corrected chi connectivity index (χ4v) is 2.49. The Labute approximate surface area is 104 Å². The minimum atomic E-state index is 0.559. The van der Waals surface area contributed by atoms with Crippen LogP contribution in [0.2, 0.25) is 0 Å². The van der Waals surface area contributed by atoms with E-state index < -0.39 is 0 Å². The molecule has 0 radical (unpaired) electrons. The molecule has 1 aromatic rings. The third-order valence-corrected chi connectivity index (χ3v) is 3.43. The van der Waals surface area contributed by atoms with Gasteiger partial charge in [0.15, 0.2) is 0 Å². The topological polar surface area (TPSA) is 33.1 Å². The molecule has 1 aliphatic rings. The van der Waals surface area contributed by atoms with E-state index in [4.69, 9.17) is 0 Å². The first-order valence-electron chi connectivity index (χ1n) is 6.73. The molecule has 0 spiro atoms. The lowest BCUT2D eigenvalue weighted by Gasteiger charge is -2.27. The van der Waals surface area contributed by atoms with Crippen LogP contribution in [0.15, 0.2) is 12.4 Å². The molecule has 4 heteroatoms. The van der Waals surface area contributed by atoms with E-state index in [1.54, 1.807) is 0 Å². The molecule has 1 N–H and O–H groups in total. The third kappa shape index (κ3) is 2.80. The van der Waals surface area contributed by atoms with Crippen molar-refractivity contribution in [2.24, 2.45) is 0 Å². The molecule has 0 aromatic carbocycles. The summed E-state index contributed by atoms with van der Waals surface area (Å²) in [5.41, 5.74) is 0. The van der Waals surface area contributed by atoms with E-state index in [1.807, 2.05) is 6.20 Å². The number of nitrogens with one attached hydrogen (secondary N) is 1. The van der Waals surface area contributed by atoms with Crippen LogP contribution in [0.1, 0.15) is 33.6 Å². The molecule has 1 aliphatic heterocycles. The number of aromatic nitrogens is 2. The Bertz CT molecular complexity index is 345. The number of anilines is 1. The normalized spacial score (nSPS) is 20.5. The van der Waals surface area contributed by atoms with Crippen molar-refractivity contribution in [3.8, 4) is 0 Å². The molecule has 17 heavy (non-hydrogen) atoms. The molecule has 0 amide bonds. The highest BCUT2D eigenvalue weighted by atomic mass is 15.3. The lowest BCUT2D eigenvalue weighted by atomic mass is 10.2. The zero-order chi connectivity index (χ0) is 12.3. The van der Waals surface area contributed by atoms with Crippen LogP contribution in [-0.4, -0.2) is 34.7 Å². The summed E-state index contributed by atoms with van der Waals surface area (Å²) < 4.78 is 2.23. The first kappa shape index (κ1) is 12.4. The van der Waals surface area contributed by atoms with Crippen LogP contribution in [0.3, 0.4) is 0 Å². The van der Waals surface area contributed by atoms with Crippen molar-refractivity contribution in [2.45, 2.75) is 52.2 Å². The Kier molecular flexibility index (Phi) is 4.05. The summed E-state index contributed by atoms with van der Waals surface area (Å²) in [5.74, 6) is 1.14. The second-order valence-corrected chi connectivity index (χ2v) is 5.07. The summed E-state index contributed by atoms with van der Waals surface area (Å²) in [6.07, 6.45) is 6.53. The van der Waals surface area contributed by atoms with E-state index in [0.29, 0.717) is 12.1 Å². The Hall–Kier alpha value is -1.03. The maximum atomic E-state index is 4.51. The van der Waals surface area contributed by atoms with Crippen molar-refractivity contribution in [3.05, 3.63) is 12.4 Å². The van der Waals surface area contributed by atoms with E-state index in [0.717, 1.165) is 25.6 Å². The van der Waals surface area contributed by atoms with E-state index >= 15 is 0 Å². The van der Waals surface area contributed by atoms with E-state index in [1.165, 1.54) is 12.8 Å². The van der Waals surface area contributed by atoms with Crippen LogP contribution in [0.4, 0.5) is 5.95 Å². The molecular formula is C13H24N4. The van der Waals surface area contributed by atoms with Crippen LogP contribution in [0, 0.1) is 0 Å². The highest BCUT2D eigenvalue weighted by Crippen LogP contribution is 2.23. The van der Waals surface area contributed by atoms with Gasteiger partial charge < -0.3 is 14.8 Å². The lowest BCUT2D eigenvalue weighted by molar-refractivity contribution is 0.517. The molecule has 1 saturated heterocycles. The van der Waals surface area contributed by atoms with Crippen molar-refractivity contribution in [1.82, 2.24) is 14.9 Å². The maximum absolute atomic E-state index is 4.51. The fourth-order valence-electron chi connectivity index (χ4n) is 2.49. The number of hydrogen-bond donors (Lipinski definition) is 1. The maximum Gasteiger partial charge on any atom is 0.205 e. The Morgan fingerprint density at radius 3 is 3.06 bits per heavy atom. The second kappa shape index (κ2) is 5.54. The van der Waals surface area contributed by atoms with Gasteiger partial charge in [-0.2, -0.15) is 0 Å². The predicted octanol–water partition coefficient (Wildman–Crippen LogP) is 1.87. The second-order valence-electron chi connectivity index (χ2n) is 5.07. The molecule has 4 nitrogen and oxygen atoms in total. The lowest BCUT2D eigenvalue weighted by Crippen LogP contribution is -2.41. The predicted molar refractivity (Wildman–Crippen MR) is 71.4 cm³/mol. The van der Waals surface area contributed by atoms with Gasteiger partial charge in [-0.3, -0.25) is 0 Å². The zero-order valence-electron chi connectivity index (χ0n) is 11.2. The smallest absolute Gasteiger partial charge is 0.205 e. The average Bonchev–Trinajstić information content (AvgIpc) is 2.93. The number of hydrogen-bond acceptors (Lipinski definition) is 3. The van der Waals surface area contributed by atoms with Gasteiger partial charge in [0.05, 0.1) is 0 Å². The van der Waals surface area contributed by atoms with E-state index in [9.17, 15) is 0 Å². The molecule has 0 bridgehead atoms. The summed E-state index contributed by atoms with van der Waals surface area (Å²) in [6, 6.07) is 1.16. The number of nitrogens with zero attached hydrogens (tertiary/aromatic N) is 3. The van der Waals surface area contributed by atoms with Gasteiger partial charge >= 0.3 is 0 Å². The molecule has 2 heterocycles. The zero-order valence-corrected chi connectivity index (χ0v) is 11.2. The molecule has 0 saturated carbocycles. The SMILES string of the molecule is CCn1ccnc1N1CCCC1CNC(C)C. The van der Waals surface area contributed by atoms with Gasteiger partial charge in [0, 0.05) is 44.1 Å². The Morgan fingerprint density at radius 2 is 2.35 bits per heavy atom. The van der Waals surface area contributed by atoms with Gasteiger partial charge in [-0.05, 0) is 19.8 Å². The van der Waals surface area contributed by atoms with Crippen molar-refractivity contribution in [2.75, 3.05) is 18.0 Å². The summed E-state index contributed by atoms with van der Waals surface area (Å²) in [7, 11) is 0. The minimum Gasteiger partial charge on any atom is -0.338 e. The van der Waals surface area contributed by atoms with Crippen molar-refractivity contribution in [3.63, 3.8) is 0 Å². The summed E-state index contributed by atoms with van der Waals surface area (Å²) >= 11 is 0. The van der Waals surface area contributed by atoms with Crippen LogP contribution in [0.25, 0.3) is 0 Å². The Balaban J connectivity index is 2.04. The van der Waals surface area contributed by atoms with E-state index in [2.05, 4.69) is 46.7 Å². The number of aryl methyl sites for hydroxylation is 1. The van der Waals surface area contributed by atoms with Crippen LogP contribution in [-0.2, 0) is 6.54 Å². The number of imidazole rings is 1. The fraction of sp³-hybridized carbons (Fsp3) is 0.769. The van der Waals surface area contributed by atoms with Gasteiger partial charge in [-0.1, -0.05) is 13.8 Å². The molecular weight excluding hydrogens is 212 g/mol. The highest BCUT2D eigenvalue weighted by molar-refractivity contribution is 5.35. The molecule has 1 unspecified atom stereocenters. The largest absolute Gasteiger partial charge is 0.338 e. The van der Waals surface area contributed by atoms with Crippen molar-refractivity contribution in [1.29, 1.82) is 0 Å². The standard InChI is InChI=1S/C13H24N4/c1-4-16-9-7-14-13(16)17-8-5-6-12(17)10-15-11(2)3/h7,9,11-12,15H,4-6,8,10H2,1-3H3. The minimum absolute atomic E-state index is 0.559. The average molecular weight is 236 g/mol. The first-order valence-corrected chi connectivity index (χ1v) is 6.73. The molecule has 1 aromatic heterocycles.